The Hall–Kier alpha value is -0.730. The second kappa shape index (κ2) is 5.84. The Bertz CT molecular complexity index is 163. The van der Waals surface area contributed by atoms with Gasteiger partial charge in [0.2, 0.25) is 0 Å². The van der Waals surface area contributed by atoms with Gasteiger partial charge in [0, 0.05) is 0 Å². The molecule has 0 aliphatic rings. The highest BCUT2D eigenvalue weighted by Gasteiger charge is 2.29. The first-order chi connectivity index (χ1) is 6.04. The van der Waals surface area contributed by atoms with Crippen molar-refractivity contribution in [2.24, 2.45) is 5.16 Å². The van der Waals surface area contributed by atoms with Crippen molar-refractivity contribution in [3.63, 3.8) is 0 Å². The minimum absolute atomic E-state index is 0.581. The summed E-state index contributed by atoms with van der Waals surface area (Å²) in [6.45, 7) is -0.749. The summed E-state index contributed by atoms with van der Waals surface area (Å²) in [6, 6.07) is 0. The van der Waals surface area contributed by atoms with Crippen LogP contribution in [0.1, 0.15) is 0 Å². The average molecular weight is 195 g/mol. The molecule has 7 heteroatoms. The van der Waals surface area contributed by atoms with Crippen molar-refractivity contribution in [3.05, 3.63) is 0 Å². The Labute approximate surface area is 74.2 Å². The first-order valence-corrected chi connectivity index (χ1v) is 3.55. The maximum atomic E-state index is 9.05. The van der Waals surface area contributed by atoms with E-state index in [9.17, 15) is 0 Å². The predicted octanol–water partition coefficient (Wildman–Crippen LogP) is -3.12. The van der Waals surface area contributed by atoms with Crippen LogP contribution in [-0.4, -0.2) is 68.0 Å². The number of hydrogen-bond donors (Lipinski definition) is 6. The summed E-state index contributed by atoms with van der Waals surface area (Å²) in [7, 11) is 0. The van der Waals surface area contributed by atoms with E-state index in [1.807, 2.05) is 0 Å². The molecule has 13 heavy (non-hydrogen) atoms. The minimum atomic E-state index is -1.72. The topological polar surface area (TPSA) is 134 Å². The second-order valence-electron chi connectivity index (χ2n) is 2.49. The summed E-state index contributed by atoms with van der Waals surface area (Å²) in [5.74, 6) is 0. The van der Waals surface area contributed by atoms with E-state index >= 15 is 0 Å². The lowest BCUT2D eigenvalue weighted by Gasteiger charge is -2.23. The van der Waals surface area contributed by atoms with Crippen LogP contribution >= 0.6 is 0 Å². The summed E-state index contributed by atoms with van der Waals surface area (Å²) in [5, 5.41) is 54.6. The molecule has 0 aliphatic heterocycles. The molecule has 0 aromatic heterocycles. The lowest BCUT2D eigenvalue weighted by molar-refractivity contribution is -0.100. The van der Waals surface area contributed by atoms with Crippen LogP contribution < -0.4 is 0 Å². The highest BCUT2D eigenvalue weighted by Crippen LogP contribution is 2.03. The van der Waals surface area contributed by atoms with E-state index in [-0.39, 0.29) is 0 Å². The van der Waals surface area contributed by atoms with Crippen LogP contribution in [0.4, 0.5) is 0 Å². The normalized spacial score (nSPS) is 21.3. The molecule has 0 aromatic rings. The summed E-state index contributed by atoms with van der Waals surface area (Å²) in [6.07, 6.45) is -6.02. The van der Waals surface area contributed by atoms with Crippen LogP contribution in [0.5, 0.6) is 0 Å². The lowest BCUT2D eigenvalue weighted by Crippen LogP contribution is -2.46. The molecule has 0 saturated heterocycles. The third kappa shape index (κ3) is 3.66. The molecule has 0 aliphatic carbocycles. The van der Waals surface area contributed by atoms with Gasteiger partial charge in [0.15, 0.2) is 0 Å². The van der Waals surface area contributed by atoms with Gasteiger partial charge in [-0.25, -0.2) is 0 Å². The van der Waals surface area contributed by atoms with E-state index in [0.29, 0.717) is 6.21 Å². The molecule has 4 unspecified atom stereocenters. The van der Waals surface area contributed by atoms with Crippen LogP contribution in [0, 0.1) is 0 Å². The lowest BCUT2D eigenvalue weighted by atomic mass is 10.0. The smallest absolute Gasteiger partial charge is 0.121 e. The van der Waals surface area contributed by atoms with Crippen molar-refractivity contribution in [2.45, 2.75) is 24.4 Å². The molecule has 0 radical (unpaired) electrons. The van der Waals surface area contributed by atoms with E-state index < -0.39 is 31.0 Å². The van der Waals surface area contributed by atoms with E-state index in [2.05, 4.69) is 5.16 Å². The van der Waals surface area contributed by atoms with E-state index in [1.54, 1.807) is 0 Å². The molecule has 0 heterocycles. The first kappa shape index (κ1) is 12.3. The average Bonchev–Trinajstić information content (AvgIpc) is 2.14. The number of hydrogen-bond acceptors (Lipinski definition) is 7. The van der Waals surface area contributed by atoms with Crippen molar-refractivity contribution in [1.82, 2.24) is 0 Å². The molecule has 0 bridgehead atoms. The summed E-state index contributed by atoms with van der Waals surface area (Å²) < 4.78 is 0. The molecule has 78 valence electrons. The van der Waals surface area contributed by atoms with Crippen LogP contribution in [0.2, 0.25) is 0 Å². The van der Waals surface area contributed by atoms with E-state index in [0.717, 1.165) is 0 Å². The maximum Gasteiger partial charge on any atom is 0.121 e. The summed E-state index contributed by atoms with van der Waals surface area (Å²) >= 11 is 0. The van der Waals surface area contributed by atoms with Gasteiger partial charge in [0.1, 0.15) is 24.4 Å². The van der Waals surface area contributed by atoms with Crippen molar-refractivity contribution in [2.75, 3.05) is 6.61 Å². The third-order valence-electron chi connectivity index (χ3n) is 1.50. The van der Waals surface area contributed by atoms with Crippen molar-refractivity contribution < 1.29 is 30.7 Å². The largest absolute Gasteiger partial charge is 0.411 e. The van der Waals surface area contributed by atoms with Gasteiger partial charge in [-0.2, -0.15) is 0 Å². The van der Waals surface area contributed by atoms with Gasteiger partial charge in [-0.05, 0) is 0 Å². The molecule has 0 saturated carbocycles. The first-order valence-electron chi connectivity index (χ1n) is 3.55. The van der Waals surface area contributed by atoms with E-state index in [1.165, 1.54) is 0 Å². The monoisotopic (exact) mass is 195 g/mol. The Kier molecular flexibility index (Phi) is 5.51. The molecule has 0 aromatic carbocycles. The molecular formula is C6H13NO6. The number of aliphatic hydroxyl groups is 5. The van der Waals surface area contributed by atoms with Gasteiger partial charge in [-0.1, -0.05) is 5.16 Å². The number of rotatable bonds is 5. The molecule has 6 N–H and O–H groups in total. The van der Waals surface area contributed by atoms with Gasteiger partial charge in [-0.3, -0.25) is 0 Å². The second-order valence-corrected chi connectivity index (χ2v) is 2.49. The molecule has 7 nitrogen and oxygen atoms in total. The fourth-order valence-corrected chi connectivity index (χ4v) is 0.694. The zero-order chi connectivity index (χ0) is 10.4. The van der Waals surface area contributed by atoms with Crippen LogP contribution in [0.3, 0.4) is 0 Å². The SMILES string of the molecule is OCC(O)C(O)C(O)C(O)C=NO. The molecule has 0 fully saturated rings. The van der Waals surface area contributed by atoms with Gasteiger partial charge in [0.05, 0.1) is 12.8 Å². The summed E-state index contributed by atoms with van der Waals surface area (Å²) in [4.78, 5) is 0. The van der Waals surface area contributed by atoms with Crippen LogP contribution in [0.15, 0.2) is 5.16 Å². The predicted molar refractivity (Wildman–Crippen MR) is 41.4 cm³/mol. The van der Waals surface area contributed by atoms with Gasteiger partial charge in [0.25, 0.3) is 0 Å². The van der Waals surface area contributed by atoms with Gasteiger partial charge < -0.3 is 30.7 Å². The van der Waals surface area contributed by atoms with Crippen molar-refractivity contribution in [1.29, 1.82) is 0 Å². The fraction of sp³-hybridized carbons (Fsp3) is 0.833. The summed E-state index contributed by atoms with van der Waals surface area (Å²) in [5.41, 5.74) is 0. The van der Waals surface area contributed by atoms with Crippen molar-refractivity contribution >= 4 is 6.21 Å². The van der Waals surface area contributed by atoms with E-state index in [4.69, 9.17) is 30.7 Å². The Morgan fingerprint density at radius 2 is 1.62 bits per heavy atom. The standard InChI is InChI=1S/C6H13NO6/c8-2-4(10)6(12)5(11)3(9)1-7-13/h1,3-6,8-13H,2H2. The fourth-order valence-electron chi connectivity index (χ4n) is 0.694. The Morgan fingerprint density at radius 3 is 2.00 bits per heavy atom. The Morgan fingerprint density at radius 1 is 1.08 bits per heavy atom. The van der Waals surface area contributed by atoms with Gasteiger partial charge >= 0.3 is 0 Å². The number of oxime groups is 1. The molecular weight excluding hydrogens is 182 g/mol. The molecule has 4 atom stereocenters. The number of nitrogens with zero attached hydrogens (tertiary/aromatic N) is 1. The van der Waals surface area contributed by atoms with Gasteiger partial charge in [-0.15, -0.1) is 0 Å². The minimum Gasteiger partial charge on any atom is -0.411 e. The maximum absolute atomic E-state index is 9.05. The van der Waals surface area contributed by atoms with Crippen LogP contribution in [-0.2, 0) is 0 Å². The zero-order valence-electron chi connectivity index (χ0n) is 6.72. The zero-order valence-corrected chi connectivity index (χ0v) is 6.72. The Balaban J connectivity index is 4.15. The number of aliphatic hydroxyl groups excluding tert-OH is 5. The highest BCUT2D eigenvalue weighted by molar-refractivity contribution is 5.62. The highest BCUT2D eigenvalue weighted by atomic mass is 16.4. The quantitative estimate of drug-likeness (QED) is 0.156. The molecule has 0 rings (SSSR count). The molecule has 0 spiro atoms. The van der Waals surface area contributed by atoms with Crippen LogP contribution in [0.25, 0.3) is 0 Å². The molecule has 0 amide bonds. The third-order valence-corrected chi connectivity index (χ3v) is 1.50. The van der Waals surface area contributed by atoms with Crippen molar-refractivity contribution in [3.8, 4) is 0 Å².